The van der Waals surface area contributed by atoms with Gasteiger partial charge in [-0.15, -0.1) is 23.4 Å². The number of esters is 1. The monoisotopic (exact) mass is 422 g/mol. The Morgan fingerprint density at radius 2 is 2.00 bits per heavy atom. The van der Waals surface area contributed by atoms with Crippen LogP contribution in [0, 0.1) is 0 Å². The second kappa shape index (κ2) is 7.23. The van der Waals surface area contributed by atoms with E-state index in [1.165, 1.54) is 0 Å². The molecule has 2 amide bonds. The van der Waals surface area contributed by atoms with Gasteiger partial charge in [0.1, 0.15) is 23.9 Å². The van der Waals surface area contributed by atoms with E-state index in [9.17, 15) is 19.2 Å². The lowest BCUT2D eigenvalue weighted by Crippen LogP contribution is -2.76. The van der Waals surface area contributed by atoms with Gasteiger partial charge in [-0.05, 0) is 0 Å². The molecule has 0 radical (unpaired) electrons. The minimum atomic E-state index is -1.82. The van der Waals surface area contributed by atoms with Crippen molar-refractivity contribution in [3.63, 3.8) is 0 Å². The molecule has 12 heteroatoms. The van der Waals surface area contributed by atoms with E-state index in [1.807, 2.05) is 0 Å². The molecule has 2 aliphatic rings. The summed E-state index contributed by atoms with van der Waals surface area (Å²) >= 11 is 23.0. The predicted molar refractivity (Wildman–Crippen MR) is 85.8 cm³/mol. The molecule has 0 aromatic carbocycles. The average Bonchev–Trinajstić information content (AvgIpc) is 2.48. The van der Waals surface area contributed by atoms with Crippen LogP contribution in [0.25, 0.3) is 0 Å². The summed E-state index contributed by atoms with van der Waals surface area (Å²) in [6.45, 7) is -0.549. The van der Waals surface area contributed by atoms with Crippen molar-refractivity contribution >= 4 is 81.7 Å². The Bertz CT molecular complexity index is 555. The lowest BCUT2D eigenvalue weighted by atomic mass is 10.0. The first-order valence-corrected chi connectivity index (χ1v) is 8.92. The fourth-order valence-electron chi connectivity index (χ4n) is 2.16. The van der Waals surface area contributed by atoms with Gasteiger partial charge in [-0.25, -0.2) is 4.79 Å². The van der Waals surface area contributed by atoms with Crippen LogP contribution in [-0.2, 0) is 23.9 Å². The first kappa shape index (κ1) is 18.9. The van der Waals surface area contributed by atoms with Gasteiger partial charge in [0.05, 0.1) is 5.75 Å². The van der Waals surface area contributed by atoms with E-state index in [4.69, 9.17) is 51.1 Å². The standard InChI is InChI=1S/C11H10Cl4N2O5S/c12-1-5(19)16-6-8(20)17-7(4(18)2-23-9(6)17)10(21)22-3-11(13,14)15/h6-7,9H,1-3H2,(H,16,19)/t6?,7?,9-/m0/s1. The summed E-state index contributed by atoms with van der Waals surface area (Å²) in [5, 5.41) is 1.89. The highest BCUT2D eigenvalue weighted by molar-refractivity contribution is 8.00. The SMILES string of the molecule is O=C(CCl)NC1C(=O)N2C(C(=O)OCC(Cl)(Cl)Cl)C(=O)CS[C@@H]12. The van der Waals surface area contributed by atoms with E-state index in [1.54, 1.807) is 0 Å². The van der Waals surface area contributed by atoms with Crippen LogP contribution in [0.2, 0.25) is 0 Å². The number of thioether (sulfide) groups is 1. The van der Waals surface area contributed by atoms with E-state index < -0.39 is 51.4 Å². The van der Waals surface area contributed by atoms with Crippen molar-refractivity contribution in [2.45, 2.75) is 21.3 Å². The van der Waals surface area contributed by atoms with Gasteiger partial charge in [0.2, 0.25) is 15.6 Å². The summed E-state index contributed by atoms with van der Waals surface area (Å²) in [5.41, 5.74) is 0. The molecule has 2 unspecified atom stereocenters. The number of fused-ring (bicyclic) bond motifs is 1. The molecule has 0 aromatic heterocycles. The van der Waals surface area contributed by atoms with Crippen molar-refractivity contribution < 1.29 is 23.9 Å². The van der Waals surface area contributed by atoms with Gasteiger partial charge in [0.15, 0.2) is 11.8 Å². The predicted octanol–water partition coefficient (Wildman–Crippen LogP) is 0.476. The number of β-lactam (4-membered cyclic amide) rings is 1. The van der Waals surface area contributed by atoms with E-state index in [0.29, 0.717) is 0 Å². The third-order valence-corrected chi connectivity index (χ3v) is 4.96. The molecular weight excluding hydrogens is 414 g/mol. The van der Waals surface area contributed by atoms with Crippen molar-refractivity contribution in [2.24, 2.45) is 0 Å². The molecule has 0 bridgehead atoms. The zero-order chi connectivity index (χ0) is 17.4. The Hall–Kier alpha value is -0.410. The van der Waals surface area contributed by atoms with Gasteiger partial charge in [-0.3, -0.25) is 14.4 Å². The maximum Gasteiger partial charge on any atom is 0.336 e. The third-order valence-electron chi connectivity index (χ3n) is 3.10. The van der Waals surface area contributed by atoms with E-state index >= 15 is 0 Å². The smallest absolute Gasteiger partial charge is 0.336 e. The Morgan fingerprint density at radius 3 is 2.57 bits per heavy atom. The highest BCUT2D eigenvalue weighted by Crippen LogP contribution is 2.37. The molecule has 2 heterocycles. The molecule has 2 aliphatic heterocycles. The zero-order valence-corrected chi connectivity index (χ0v) is 15.1. The normalized spacial score (nSPS) is 27.1. The van der Waals surface area contributed by atoms with Crippen LogP contribution in [0.3, 0.4) is 0 Å². The maximum absolute atomic E-state index is 12.1. The number of hydrogen-bond acceptors (Lipinski definition) is 6. The van der Waals surface area contributed by atoms with Gasteiger partial charge in [0.25, 0.3) is 0 Å². The molecule has 2 fully saturated rings. The first-order valence-electron chi connectivity index (χ1n) is 6.21. The van der Waals surface area contributed by atoms with Gasteiger partial charge in [0, 0.05) is 0 Å². The molecule has 1 N–H and O–H groups in total. The first-order chi connectivity index (χ1) is 10.7. The zero-order valence-electron chi connectivity index (χ0n) is 11.3. The number of ketones is 1. The Morgan fingerprint density at radius 1 is 1.35 bits per heavy atom. The maximum atomic E-state index is 12.1. The van der Waals surface area contributed by atoms with E-state index in [-0.39, 0.29) is 11.6 Å². The number of nitrogens with one attached hydrogen (secondary N) is 1. The Kier molecular flexibility index (Phi) is 5.94. The molecule has 3 atom stereocenters. The number of alkyl halides is 4. The highest BCUT2D eigenvalue weighted by Gasteiger charge is 2.58. The number of amides is 2. The number of carbonyl (C=O) groups excluding carboxylic acids is 4. The summed E-state index contributed by atoms with van der Waals surface area (Å²) in [5.74, 6) is -2.84. The van der Waals surface area contributed by atoms with Crippen molar-refractivity contribution in [2.75, 3.05) is 18.2 Å². The number of rotatable bonds is 4. The van der Waals surface area contributed by atoms with E-state index in [2.05, 4.69) is 5.32 Å². The van der Waals surface area contributed by atoms with Gasteiger partial charge >= 0.3 is 5.97 Å². The summed E-state index contributed by atoms with van der Waals surface area (Å²) in [4.78, 5) is 48.5. The Labute approximate surface area is 155 Å². The lowest BCUT2D eigenvalue weighted by Gasteiger charge is -2.51. The number of halogens is 4. The molecule has 7 nitrogen and oxygen atoms in total. The van der Waals surface area contributed by atoms with Crippen molar-refractivity contribution in [1.82, 2.24) is 10.2 Å². The second-order valence-electron chi connectivity index (χ2n) is 4.72. The minimum absolute atomic E-state index is 0.00474. The molecule has 23 heavy (non-hydrogen) atoms. The molecule has 0 saturated carbocycles. The highest BCUT2D eigenvalue weighted by atomic mass is 35.6. The minimum Gasteiger partial charge on any atom is -0.459 e. The van der Waals surface area contributed by atoms with Gasteiger partial charge in [-0.2, -0.15) is 0 Å². The second-order valence-corrected chi connectivity index (χ2v) is 8.61. The molecule has 0 aromatic rings. The van der Waals surface area contributed by atoms with Crippen molar-refractivity contribution in [3.8, 4) is 0 Å². The average molecular weight is 424 g/mol. The number of carbonyl (C=O) groups is 4. The fraction of sp³-hybridized carbons (Fsp3) is 0.636. The number of Topliss-reactive ketones (excluding diaryl/α,β-unsaturated/α-hetero) is 1. The molecule has 2 saturated heterocycles. The summed E-state index contributed by atoms with van der Waals surface area (Å²) in [6, 6.07) is -2.23. The summed E-state index contributed by atoms with van der Waals surface area (Å²) < 4.78 is 2.97. The quantitative estimate of drug-likeness (QED) is 0.306. The van der Waals surface area contributed by atoms with Crippen LogP contribution in [-0.4, -0.2) is 68.0 Å². The fourth-order valence-corrected chi connectivity index (χ4v) is 3.66. The van der Waals surface area contributed by atoms with Crippen LogP contribution < -0.4 is 5.32 Å². The summed E-state index contributed by atoms with van der Waals surface area (Å²) in [6.07, 6.45) is 0. The largest absolute Gasteiger partial charge is 0.459 e. The van der Waals surface area contributed by atoms with Crippen LogP contribution in [0.4, 0.5) is 0 Å². The molecule has 128 valence electrons. The number of nitrogens with zero attached hydrogens (tertiary/aromatic N) is 1. The van der Waals surface area contributed by atoms with Crippen LogP contribution in [0.1, 0.15) is 0 Å². The van der Waals surface area contributed by atoms with Gasteiger partial charge in [-0.1, -0.05) is 34.8 Å². The van der Waals surface area contributed by atoms with Crippen LogP contribution in [0.15, 0.2) is 0 Å². The lowest BCUT2D eigenvalue weighted by molar-refractivity contribution is -0.168. The van der Waals surface area contributed by atoms with Crippen LogP contribution >= 0.6 is 58.2 Å². The molecule has 2 rings (SSSR count). The van der Waals surface area contributed by atoms with Crippen molar-refractivity contribution in [1.29, 1.82) is 0 Å². The molecule has 0 aliphatic carbocycles. The number of ether oxygens (including phenoxy) is 1. The number of hydrogen-bond donors (Lipinski definition) is 1. The van der Waals surface area contributed by atoms with Crippen LogP contribution in [0.5, 0.6) is 0 Å². The molecule has 0 spiro atoms. The van der Waals surface area contributed by atoms with Gasteiger partial charge < -0.3 is 15.0 Å². The van der Waals surface area contributed by atoms with E-state index in [0.717, 1.165) is 16.7 Å². The van der Waals surface area contributed by atoms with Crippen molar-refractivity contribution in [3.05, 3.63) is 0 Å². The Balaban J connectivity index is 2.06. The molecular formula is C11H10Cl4N2O5S. The summed E-state index contributed by atoms with van der Waals surface area (Å²) in [7, 11) is 0. The third kappa shape index (κ3) is 4.17. The topological polar surface area (TPSA) is 92.8 Å².